The smallest absolute Gasteiger partial charge is 0.772 e. The minimum Gasteiger partial charge on any atom is -0.772 e. The number of hydrogen-bond acceptors (Lipinski definition) is 3. The summed E-state index contributed by atoms with van der Waals surface area (Å²) in [6.45, 7) is 0.0204. The summed E-state index contributed by atoms with van der Waals surface area (Å²) in [5.41, 5.74) is 7.64. The first-order valence-corrected chi connectivity index (χ1v) is 3.08. The zero-order valence-electron chi connectivity index (χ0n) is 4.98. The SMILES string of the molecule is [N-]=[N+]=NCCS(=O)[O-].[Na+]. The van der Waals surface area contributed by atoms with E-state index in [1.165, 1.54) is 0 Å². The normalized spacial score (nSPS) is 10.8. The third kappa shape index (κ3) is 11.8. The van der Waals surface area contributed by atoms with Crippen molar-refractivity contribution in [2.24, 2.45) is 5.11 Å². The molecule has 0 aromatic carbocycles. The molecule has 0 aliphatic carbocycles. The van der Waals surface area contributed by atoms with Crippen LogP contribution in [-0.2, 0) is 11.1 Å². The summed E-state index contributed by atoms with van der Waals surface area (Å²) in [6.07, 6.45) is 0. The van der Waals surface area contributed by atoms with Crippen LogP contribution in [0.5, 0.6) is 0 Å². The maximum absolute atomic E-state index is 9.69. The van der Waals surface area contributed by atoms with Crippen LogP contribution in [0, 0.1) is 0 Å². The molecule has 0 radical (unpaired) electrons. The van der Waals surface area contributed by atoms with Crippen LogP contribution in [0.2, 0.25) is 0 Å². The molecule has 0 amide bonds. The second kappa shape index (κ2) is 8.42. The molecule has 0 bridgehead atoms. The Bertz CT molecular complexity index is 132. The molecule has 0 saturated heterocycles. The quantitative estimate of drug-likeness (QED) is 0.145. The van der Waals surface area contributed by atoms with Gasteiger partial charge in [0.1, 0.15) is 0 Å². The van der Waals surface area contributed by atoms with E-state index in [-0.39, 0.29) is 41.9 Å². The molecular weight excluding hydrogens is 153 g/mol. The molecule has 0 spiro atoms. The van der Waals surface area contributed by atoms with Gasteiger partial charge in [0.05, 0.1) is 0 Å². The van der Waals surface area contributed by atoms with Crippen molar-refractivity contribution in [3.63, 3.8) is 0 Å². The topological polar surface area (TPSA) is 88.9 Å². The summed E-state index contributed by atoms with van der Waals surface area (Å²) in [4.78, 5) is 2.36. The van der Waals surface area contributed by atoms with E-state index >= 15 is 0 Å². The van der Waals surface area contributed by atoms with Crippen molar-refractivity contribution < 1.29 is 38.3 Å². The Kier molecular flexibility index (Phi) is 11.3. The van der Waals surface area contributed by atoms with Crippen LogP contribution in [0.3, 0.4) is 0 Å². The zero-order valence-corrected chi connectivity index (χ0v) is 7.80. The van der Waals surface area contributed by atoms with Gasteiger partial charge in [0.2, 0.25) is 0 Å². The van der Waals surface area contributed by atoms with E-state index in [1.54, 1.807) is 0 Å². The summed E-state index contributed by atoms with van der Waals surface area (Å²) in [7, 11) is 0. The summed E-state index contributed by atoms with van der Waals surface area (Å²) in [5, 5.41) is 3.00. The fourth-order valence-electron chi connectivity index (χ4n) is 0.160. The van der Waals surface area contributed by atoms with Gasteiger partial charge in [0.25, 0.3) is 0 Å². The van der Waals surface area contributed by atoms with E-state index in [0.29, 0.717) is 0 Å². The molecule has 0 heterocycles. The molecule has 0 aliphatic rings. The van der Waals surface area contributed by atoms with Crippen LogP contribution >= 0.6 is 0 Å². The second-order valence-corrected chi connectivity index (χ2v) is 1.98. The first kappa shape index (κ1) is 12.1. The minimum absolute atomic E-state index is 0. The molecule has 9 heavy (non-hydrogen) atoms. The Morgan fingerprint density at radius 3 is 2.67 bits per heavy atom. The molecule has 5 nitrogen and oxygen atoms in total. The maximum atomic E-state index is 9.69. The van der Waals surface area contributed by atoms with Crippen molar-refractivity contribution in [1.29, 1.82) is 0 Å². The molecule has 0 aromatic rings. The molecule has 0 aromatic heterocycles. The average molecular weight is 157 g/mol. The maximum Gasteiger partial charge on any atom is 1.00 e. The Balaban J connectivity index is 0. The Labute approximate surface area is 77.0 Å². The van der Waals surface area contributed by atoms with Crippen LogP contribution < -0.4 is 29.6 Å². The fraction of sp³-hybridized carbons (Fsp3) is 1.00. The summed E-state index contributed by atoms with van der Waals surface area (Å²) in [6, 6.07) is 0. The van der Waals surface area contributed by atoms with Gasteiger partial charge < -0.3 is 4.55 Å². The fourth-order valence-corrected chi connectivity index (χ4v) is 0.391. The van der Waals surface area contributed by atoms with E-state index < -0.39 is 11.1 Å². The predicted molar refractivity (Wildman–Crippen MR) is 27.8 cm³/mol. The molecule has 1 unspecified atom stereocenters. The average Bonchev–Trinajstić information content (AvgIpc) is 1.66. The van der Waals surface area contributed by atoms with Gasteiger partial charge in [-0.25, -0.2) is 0 Å². The van der Waals surface area contributed by atoms with Gasteiger partial charge in [-0.2, -0.15) is 0 Å². The van der Waals surface area contributed by atoms with Crippen LogP contribution in [0.4, 0.5) is 0 Å². The van der Waals surface area contributed by atoms with Crippen molar-refractivity contribution in [2.75, 3.05) is 12.3 Å². The van der Waals surface area contributed by atoms with E-state index in [1.807, 2.05) is 0 Å². The van der Waals surface area contributed by atoms with E-state index in [0.717, 1.165) is 0 Å². The van der Waals surface area contributed by atoms with Gasteiger partial charge in [0.15, 0.2) is 0 Å². The van der Waals surface area contributed by atoms with E-state index in [4.69, 9.17) is 5.53 Å². The minimum atomic E-state index is -2.08. The van der Waals surface area contributed by atoms with Crippen molar-refractivity contribution in [3.8, 4) is 0 Å². The number of rotatable bonds is 3. The van der Waals surface area contributed by atoms with Gasteiger partial charge in [-0.05, 0) is 5.53 Å². The van der Waals surface area contributed by atoms with Gasteiger partial charge in [-0.3, -0.25) is 4.21 Å². The Hall–Kier alpha value is 0.420. The second-order valence-electron chi connectivity index (χ2n) is 0.962. The zero-order chi connectivity index (χ0) is 6.41. The summed E-state index contributed by atoms with van der Waals surface area (Å²) >= 11 is -2.08. The number of azide groups is 1. The molecular formula is C2H4N3NaO2S. The van der Waals surface area contributed by atoms with Gasteiger partial charge in [-0.15, -0.1) is 0 Å². The molecule has 0 saturated carbocycles. The first-order chi connectivity index (χ1) is 3.77. The van der Waals surface area contributed by atoms with Crippen molar-refractivity contribution >= 4 is 11.1 Å². The van der Waals surface area contributed by atoms with Crippen molar-refractivity contribution in [3.05, 3.63) is 10.4 Å². The Morgan fingerprint density at radius 1 is 1.78 bits per heavy atom. The Morgan fingerprint density at radius 2 is 2.33 bits per heavy atom. The first-order valence-electron chi connectivity index (χ1n) is 1.84. The van der Waals surface area contributed by atoms with Crippen molar-refractivity contribution in [2.45, 2.75) is 0 Å². The van der Waals surface area contributed by atoms with Gasteiger partial charge >= 0.3 is 29.6 Å². The third-order valence-corrected chi connectivity index (χ3v) is 0.937. The summed E-state index contributed by atoms with van der Waals surface area (Å²) < 4.78 is 19.4. The molecule has 1 atom stereocenters. The largest absolute Gasteiger partial charge is 1.00 e. The van der Waals surface area contributed by atoms with Crippen LogP contribution in [0.1, 0.15) is 0 Å². The predicted octanol–water partition coefficient (Wildman–Crippen LogP) is -2.82. The molecule has 0 rings (SSSR count). The molecule has 0 fully saturated rings. The van der Waals surface area contributed by atoms with Gasteiger partial charge in [0, 0.05) is 17.2 Å². The molecule has 7 heteroatoms. The number of hydrogen-bond donors (Lipinski definition) is 0. The number of nitrogens with zero attached hydrogens (tertiary/aromatic N) is 3. The van der Waals surface area contributed by atoms with Gasteiger partial charge in [-0.1, -0.05) is 16.2 Å². The van der Waals surface area contributed by atoms with Crippen LogP contribution in [0.15, 0.2) is 5.11 Å². The van der Waals surface area contributed by atoms with Crippen LogP contribution in [-0.4, -0.2) is 21.1 Å². The standard InChI is InChI=1S/C2H5N3O2S.Na/c3-5-4-1-2-8(6)7;/h1-2H2,(H,6,7);/q;+1/p-1. The molecule has 46 valence electrons. The molecule has 0 aliphatic heterocycles. The van der Waals surface area contributed by atoms with E-state index in [2.05, 4.69) is 10.0 Å². The molecule has 0 N–H and O–H groups in total. The monoisotopic (exact) mass is 157 g/mol. The summed E-state index contributed by atoms with van der Waals surface area (Å²) in [5.74, 6) is -0.0932. The van der Waals surface area contributed by atoms with E-state index in [9.17, 15) is 8.76 Å². The van der Waals surface area contributed by atoms with Crippen molar-refractivity contribution in [1.82, 2.24) is 0 Å². The van der Waals surface area contributed by atoms with Crippen LogP contribution in [0.25, 0.3) is 10.4 Å². The third-order valence-electron chi connectivity index (χ3n) is 0.421.